The minimum absolute atomic E-state index is 0.0336. The molecule has 1 amide bonds. The van der Waals surface area contributed by atoms with Crippen LogP contribution in [0.4, 0.5) is 11.4 Å². The molecule has 0 bridgehead atoms. The summed E-state index contributed by atoms with van der Waals surface area (Å²) in [5, 5.41) is 1.91. The molecular weight excluding hydrogens is 354 g/mol. The first-order chi connectivity index (χ1) is 13.0. The van der Waals surface area contributed by atoms with Crippen LogP contribution in [0.15, 0.2) is 48.5 Å². The molecule has 0 aliphatic carbocycles. The Morgan fingerprint density at radius 3 is 2.89 bits per heavy atom. The zero-order chi connectivity index (χ0) is 18.7. The normalized spacial score (nSPS) is 16.2. The molecule has 0 spiro atoms. The number of aromatic nitrogens is 1. The van der Waals surface area contributed by atoms with E-state index in [0.29, 0.717) is 10.6 Å². The minimum Gasteiger partial charge on any atom is -0.397 e. The first-order valence-corrected chi connectivity index (χ1v) is 9.86. The second-order valence-electron chi connectivity index (χ2n) is 7.19. The summed E-state index contributed by atoms with van der Waals surface area (Å²) in [5.74, 6) is -0.0336. The Bertz CT molecular complexity index is 1230. The molecule has 0 saturated carbocycles. The highest BCUT2D eigenvalue weighted by molar-refractivity contribution is 7.21. The molecular formula is C22H19N3OS. The number of pyridine rings is 1. The van der Waals surface area contributed by atoms with E-state index in [1.807, 2.05) is 48.2 Å². The highest BCUT2D eigenvalue weighted by atomic mass is 32.1. The van der Waals surface area contributed by atoms with Gasteiger partial charge in [-0.25, -0.2) is 4.98 Å². The van der Waals surface area contributed by atoms with Gasteiger partial charge in [-0.1, -0.05) is 36.4 Å². The number of hydrogen-bond acceptors (Lipinski definition) is 4. The average molecular weight is 373 g/mol. The SMILES string of the molecule is Cc1cccc2cc3c(N)c(C(=O)N4c5ccccc5C[C@H]4C)sc3nc12. The quantitative estimate of drug-likeness (QED) is 0.514. The molecule has 4 nitrogen and oxygen atoms in total. The number of carbonyl (C=O) groups is 1. The molecule has 1 atom stereocenters. The molecule has 1 aliphatic heterocycles. The van der Waals surface area contributed by atoms with Gasteiger partial charge in [0.15, 0.2) is 0 Å². The highest BCUT2D eigenvalue weighted by Gasteiger charge is 2.33. The fourth-order valence-corrected chi connectivity index (χ4v) is 5.03. The number of nitrogen functional groups attached to an aromatic ring is 1. The lowest BCUT2D eigenvalue weighted by molar-refractivity contribution is 0.0986. The van der Waals surface area contributed by atoms with E-state index in [1.165, 1.54) is 16.9 Å². The molecule has 4 aromatic rings. The Labute approximate surface area is 161 Å². The number of nitrogens with zero attached hydrogens (tertiary/aromatic N) is 2. The van der Waals surface area contributed by atoms with E-state index in [-0.39, 0.29) is 11.9 Å². The summed E-state index contributed by atoms with van der Waals surface area (Å²) in [6.07, 6.45) is 0.869. The van der Waals surface area contributed by atoms with E-state index in [2.05, 4.69) is 19.1 Å². The summed E-state index contributed by atoms with van der Waals surface area (Å²) in [6, 6.07) is 16.4. The number of carbonyl (C=O) groups excluding carboxylic acids is 1. The van der Waals surface area contributed by atoms with Gasteiger partial charge in [-0.3, -0.25) is 4.79 Å². The predicted octanol–water partition coefficient (Wildman–Crippen LogP) is 4.93. The monoisotopic (exact) mass is 373 g/mol. The van der Waals surface area contributed by atoms with Gasteiger partial charge in [0.1, 0.15) is 9.71 Å². The van der Waals surface area contributed by atoms with Gasteiger partial charge in [0, 0.05) is 22.5 Å². The van der Waals surface area contributed by atoms with Crippen LogP contribution in [0.3, 0.4) is 0 Å². The Morgan fingerprint density at radius 2 is 2.04 bits per heavy atom. The second-order valence-corrected chi connectivity index (χ2v) is 8.19. The van der Waals surface area contributed by atoms with Crippen LogP contribution >= 0.6 is 11.3 Å². The molecule has 5 rings (SSSR count). The highest BCUT2D eigenvalue weighted by Crippen LogP contribution is 2.39. The largest absolute Gasteiger partial charge is 0.397 e. The van der Waals surface area contributed by atoms with Gasteiger partial charge in [0.25, 0.3) is 5.91 Å². The number of amides is 1. The van der Waals surface area contributed by atoms with Crippen molar-refractivity contribution in [3.63, 3.8) is 0 Å². The third-order valence-electron chi connectivity index (χ3n) is 5.37. The maximum Gasteiger partial charge on any atom is 0.270 e. The fourth-order valence-electron chi connectivity index (χ4n) is 4.02. The van der Waals surface area contributed by atoms with Crippen LogP contribution in [0.25, 0.3) is 21.1 Å². The van der Waals surface area contributed by atoms with E-state index in [0.717, 1.165) is 38.8 Å². The Hall–Kier alpha value is -2.92. The lowest BCUT2D eigenvalue weighted by Gasteiger charge is -2.22. The van der Waals surface area contributed by atoms with Gasteiger partial charge >= 0.3 is 0 Å². The van der Waals surface area contributed by atoms with E-state index < -0.39 is 0 Å². The maximum atomic E-state index is 13.4. The molecule has 134 valence electrons. The molecule has 3 heterocycles. The van der Waals surface area contributed by atoms with Crippen molar-refractivity contribution >= 4 is 49.7 Å². The van der Waals surface area contributed by atoms with Gasteiger partial charge in [0.2, 0.25) is 0 Å². The van der Waals surface area contributed by atoms with Gasteiger partial charge < -0.3 is 10.6 Å². The van der Waals surface area contributed by atoms with Crippen LogP contribution in [-0.2, 0) is 6.42 Å². The van der Waals surface area contributed by atoms with E-state index in [1.54, 1.807) is 0 Å². The third kappa shape index (κ3) is 2.35. The van der Waals surface area contributed by atoms with Crippen LogP contribution in [0.2, 0.25) is 0 Å². The number of thiophene rings is 1. The number of fused-ring (bicyclic) bond motifs is 3. The summed E-state index contributed by atoms with van der Waals surface area (Å²) in [4.78, 5) is 21.5. The van der Waals surface area contributed by atoms with Gasteiger partial charge in [-0.05, 0) is 43.5 Å². The summed E-state index contributed by atoms with van der Waals surface area (Å²) in [6.45, 7) is 4.13. The first kappa shape index (κ1) is 16.3. The number of aryl methyl sites for hydroxylation is 1. The standard InChI is InChI=1S/C22H19N3OS/c1-12-6-5-8-15-11-16-18(23)20(27-21(16)24-19(12)15)22(26)25-13(2)10-14-7-3-4-9-17(14)25/h3-9,11,13H,10,23H2,1-2H3/t13-/m1/s1. The summed E-state index contributed by atoms with van der Waals surface area (Å²) in [7, 11) is 0. The molecule has 0 radical (unpaired) electrons. The zero-order valence-electron chi connectivity index (χ0n) is 15.2. The van der Waals surface area contributed by atoms with Crippen LogP contribution in [0.5, 0.6) is 0 Å². The first-order valence-electron chi connectivity index (χ1n) is 9.04. The number of hydrogen-bond donors (Lipinski definition) is 1. The molecule has 1 aliphatic rings. The molecule has 0 saturated heterocycles. The van der Waals surface area contributed by atoms with Gasteiger partial charge in [-0.2, -0.15) is 0 Å². The van der Waals surface area contributed by atoms with Crippen LogP contribution in [0.1, 0.15) is 27.7 Å². The second kappa shape index (κ2) is 5.79. The van der Waals surface area contributed by atoms with Crippen LogP contribution in [0, 0.1) is 6.92 Å². The van der Waals surface area contributed by atoms with Gasteiger partial charge in [-0.15, -0.1) is 11.3 Å². The number of nitrogens with two attached hydrogens (primary N) is 1. The average Bonchev–Trinajstić information content (AvgIpc) is 3.16. The van der Waals surface area contributed by atoms with Crippen molar-refractivity contribution in [1.82, 2.24) is 4.98 Å². The topological polar surface area (TPSA) is 59.2 Å². The van der Waals surface area contributed by atoms with Crippen molar-refractivity contribution in [3.05, 3.63) is 64.5 Å². The van der Waals surface area contributed by atoms with Crippen molar-refractivity contribution in [2.24, 2.45) is 0 Å². The molecule has 2 N–H and O–H groups in total. The molecule has 5 heteroatoms. The summed E-state index contributed by atoms with van der Waals surface area (Å²) < 4.78 is 0. The van der Waals surface area contributed by atoms with Gasteiger partial charge in [0.05, 0.1) is 11.2 Å². The summed E-state index contributed by atoms with van der Waals surface area (Å²) in [5.41, 5.74) is 11.2. The molecule has 2 aromatic carbocycles. The smallest absolute Gasteiger partial charge is 0.270 e. The van der Waals surface area contributed by atoms with Crippen LogP contribution < -0.4 is 10.6 Å². The van der Waals surface area contributed by atoms with E-state index in [9.17, 15) is 4.79 Å². The number of anilines is 2. The molecule has 0 fully saturated rings. The van der Waals surface area contributed by atoms with Crippen molar-refractivity contribution < 1.29 is 4.79 Å². The third-order valence-corrected chi connectivity index (χ3v) is 6.47. The minimum atomic E-state index is -0.0336. The van der Waals surface area contributed by atoms with Crippen molar-refractivity contribution in [2.45, 2.75) is 26.3 Å². The molecule has 0 unspecified atom stereocenters. The van der Waals surface area contributed by atoms with Crippen molar-refractivity contribution in [3.8, 4) is 0 Å². The zero-order valence-corrected chi connectivity index (χ0v) is 16.0. The molecule has 27 heavy (non-hydrogen) atoms. The summed E-state index contributed by atoms with van der Waals surface area (Å²) >= 11 is 1.39. The maximum absolute atomic E-state index is 13.4. The van der Waals surface area contributed by atoms with Crippen molar-refractivity contribution in [1.29, 1.82) is 0 Å². The number of rotatable bonds is 1. The van der Waals surface area contributed by atoms with Crippen molar-refractivity contribution in [2.75, 3.05) is 10.6 Å². The Kier molecular flexibility index (Phi) is 3.49. The predicted molar refractivity (Wildman–Crippen MR) is 113 cm³/mol. The Balaban J connectivity index is 1.67. The van der Waals surface area contributed by atoms with E-state index >= 15 is 0 Å². The van der Waals surface area contributed by atoms with Crippen LogP contribution in [-0.4, -0.2) is 16.9 Å². The lowest BCUT2D eigenvalue weighted by atomic mass is 10.1. The lowest BCUT2D eigenvalue weighted by Crippen LogP contribution is -2.35. The fraction of sp³-hybridized carbons (Fsp3) is 0.182. The number of para-hydroxylation sites is 2. The molecule has 2 aromatic heterocycles. The Morgan fingerprint density at radius 1 is 1.22 bits per heavy atom. The number of benzene rings is 2. The van der Waals surface area contributed by atoms with E-state index in [4.69, 9.17) is 10.7 Å².